The summed E-state index contributed by atoms with van der Waals surface area (Å²) < 4.78 is 9.17. The smallest absolute Gasteiger partial charge is 0.260 e. The molecule has 16 nitrogen and oxygen atoms in total. The van der Waals surface area contributed by atoms with Gasteiger partial charge in [0.05, 0.1) is 6.20 Å². The number of nitrogens with zero attached hydrogens (tertiary/aromatic N) is 7. The van der Waals surface area contributed by atoms with Gasteiger partial charge < -0.3 is 44.2 Å². The molecule has 4 N–H and O–H groups in total. The third kappa shape index (κ3) is 7.18. The molecular formula is C37H39N9O7. The molecule has 274 valence electrons. The van der Waals surface area contributed by atoms with Gasteiger partial charge in [-0.15, -0.1) is 0 Å². The van der Waals surface area contributed by atoms with Gasteiger partial charge in [-0.1, -0.05) is 0 Å². The van der Waals surface area contributed by atoms with Gasteiger partial charge in [0.1, 0.15) is 23.7 Å². The number of amides is 4. The van der Waals surface area contributed by atoms with Gasteiger partial charge in [-0.3, -0.25) is 19.2 Å². The summed E-state index contributed by atoms with van der Waals surface area (Å²) in [4.78, 5) is 67.9. The van der Waals surface area contributed by atoms with Gasteiger partial charge in [0.15, 0.2) is 18.0 Å². The molecule has 16 heteroatoms. The van der Waals surface area contributed by atoms with E-state index >= 15 is 0 Å². The number of nitrogens with one attached hydrogen (secondary N) is 2. The first-order chi connectivity index (χ1) is 25.6. The molecule has 3 aromatic heterocycles. The first-order valence-electron chi connectivity index (χ1n) is 17.3. The monoisotopic (exact) mass is 721 g/mol. The van der Waals surface area contributed by atoms with Crippen molar-refractivity contribution in [2.24, 2.45) is 14.1 Å². The van der Waals surface area contributed by atoms with Gasteiger partial charge >= 0.3 is 0 Å². The maximum absolute atomic E-state index is 13.2. The standard InChI is InChI=1S/C37H39N9O7/c1-43-19-15-38-31(43)29(47)36(51)45-17-3-5-26(45)33(49)41-24-11-7-22(8-12-24)28-21-40-35(53-28)23-9-13-25(14-10-23)42-34(50)27-6-4-18-46(27)37(52)30(48)32-39-16-20-44(32)2/h7-16,19-21,26-27,29-30,47-48H,3-6,17-18H2,1-2H3,(H,41,49)(H,42,50). The number of aryl methyl sites for hydroxylation is 2. The molecule has 2 saturated heterocycles. The van der Waals surface area contributed by atoms with Crippen LogP contribution in [0.5, 0.6) is 0 Å². The molecule has 5 heterocycles. The predicted molar refractivity (Wildman–Crippen MR) is 190 cm³/mol. The van der Waals surface area contributed by atoms with Crippen LogP contribution in [0.25, 0.3) is 22.8 Å². The summed E-state index contributed by atoms with van der Waals surface area (Å²) in [7, 11) is 3.38. The van der Waals surface area contributed by atoms with Gasteiger partial charge in [0.25, 0.3) is 11.8 Å². The second-order valence-electron chi connectivity index (χ2n) is 13.1. The molecule has 0 radical (unpaired) electrons. The number of anilines is 2. The number of benzene rings is 2. The highest BCUT2D eigenvalue weighted by atomic mass is 16.4. The summed E-state index contributed by atoms with van der Waals surface area (Å²) >= 11 is 0. The molecule has 53 heavy (non-hydrogen) atoms. The van der Waals surface area contributed by atoms with E-state index in [1.807, 2.05) is 0 Å². The molecule has 4 amide bonds. The Labute approximate surface area is 304 Å². The van der Waals surface area contributed by atoms with Gasteiger partial charge in [-0.2, -0.15) is 0 Å². The average Bonchev–Trinajstić information content (AvgIpc) is 4.02. The molecule has 2 aromatic carbocycles. The van der Waals surface area contributed by atoms with Crippen LogP contribution in [-0.4, -0.2) is 92.9 Å². The van der Waals surface area contributed by atoms with E-state index in [0.29, 0.717) is 67.4 Å². The van der Waals surface area contributed by atoms with Crippen molar-refractivity contribution < 1.29 is 33.8 Å². The van der Waals surface area contributed by atoms with E-state index in [1.165, 1.54) is 22.2 Å². The molecule has 4 atom stereocenters. The lowest BCUT2D eigenvalue weighted by Crippen LogP contribution is -2.45. The minimum atomic E-state index is -1.46. The van der Waals surface area contributed by atoms with Crippen molar-refractivity contribution in [3.05, 3.63) is 91.2 Å². The Morgan fingerprint density at radius 1 is 0.698 bits per heavy atom. The Morgan fingerprint density at radius 2 is 1.15 bits per heavy atom. The van der Waals surface area contributed by atoms with Gasteiger partial charge in [0.2, 0.25) is 17.7 Å². The molecule has 0 aliphatic carbocycles. The fourth-order valence-corrected chi connectivity index (χ4v) is 6.83. The number of carbonyl (C=O) groups excluding carboxylic acids is 4. The van der Waals surface area contributed by atoms with Crippen molar-refractivity contribution >= 4 is 35.0 Å². The lowest BCUT2D eigenvalue weighted by molar-refractivity contribution is -0.145. The second-order valence-corrected chi connectivity index (χ2v) is 13.1. The van der Waals surface area contributed by atoms with Crippen LogP contribution in [0.3, 0.4) is 0 Å². The Morgan fingerprint density at radius 3 is 1.58 bits per heavy atom. The van der Waals surface area contributed by atoms with Gasteiger partial charge in [-0.25, -0.2) is 15.0 Å². The molecule has 2 aliphatic rings. The normalized spacial score (nSPS) is 18.2. The largest absolute Gasteiger partial charge is 0.436 e. The number of imidazole rings is 2. The van der Waals surface area contributed by atoms with Crippen molar-refractivity contribution in [2.75, 3.05) is 23.7 Å². The number of aromatic nitrogens is 5. The number of aliphatic hydroxyl groups excluding tert-OH is 2. The molecule has 2 fully saturated rings. The lowest BCUT2D eigenvalue weighted by Gasteiger charge is -2.26. The zero-order valence-electron chi connectivity index (χ0n) is 29.1. The fraction of sp³-hybridized carbons (Fsp3) is 0.324. The summed E-state index contributed by atoms with van der Waals surface area (Å²) in [5.74, 6) is -0.503. The first-order valence-corrected chi connectivity index (χ1v) is 17.3. The van der Waals surface area contributed by atoms with Crippen LogP contribution < -0.4 is 10.6 Å². The third-order valence-corrected chi connectivity index (χ3v) is 9.69. The molecular weight excluding hydrogens is 682 g/mol. The van der Waals surface area contributed by atoms with Crippen LogP contribution in [0.4, 0.5) is 11.4 Å². The highest BCUT2D eigenvalue weighted by Crippen LogP contribution is 2.30. The zero-order valence-corrected chi connectivity index (χ0v) is 29.1. The zero-order chi connectivity index (χ0) is 37.2. The average molecular weight is 722 g/mol. The molecule has 5 aromatic rings. The van der Waals surface area contributed by atoms with Crippen LogP contribution in [0.2, 0.25) is 0 Å². The highest BCUT2D eigenvalue weighted by molar-refractivity contribution is 5.99. The minimum Gasteiger partial charge on any atom is -0.436 e. The van der Waals surface area contributed by atoms with Crippen molar-refractivity contribution in [2.45, 2.75) is 50.0 Å². The Bertz CT molecular complexity index is 1970. The number of carbonyl (C=O) groups is 4. The van der Waals surface area contributed by atoms with Crippen LogP contribution in [-0.2, 0) is 33.3 Å². The highest BCUT2D eigenvalue weighted by Gasteiger charge is 2.39. The summed E-state index contributed by atoms with van der Waals surface area (Å²) in [6.07, 6.45) is 7.20. The van der Waals surface area contributed by atoms with Crippen molar-refractivity contribution in [1.29, 1.82) is 0 Å². The number of oxazole rings is 1. The van der Waals surface area contributed by atoms with Gasteiger partial charge in [-0.05, 0) is 74.2 Å². The van der Waals surface area contributed by atoms with E-state index in [0.717, 1.165) is 5.56 Å². The Balaban J connectivity index is 0.941. The van der Waals surface area contributed by atoms with E-state index < -0.39 is 36.1 Å². The van der Waals surface area contributed by atoms with E-state index in [1.54, 1.807) is 90.4 Å². The lowest BCUT2D eigenvalue weighted by atomic mass is 10.1. The molecule has 2 aliphatic heterocycles. The molecule has 0 saturated carbocycles. The second kappa shape index (κ2) is 14.8. The van der Waals surface area contributed by atoms with E-state index in [2.05, 4.69) is 25.6 Å². The number of hydrogen-bond donors (Lipinski definition) is 4. The van der Waals surface area contributed by atoms with Crippen molar-refractivity contribution in [3.8, 4) is 22.8 Å². The third-order valence-electron chi connectivity index (χ3n) is 9.69. The summed E-state index contributed by atoms with van der Waals surface area (Å²) in [5.41, 5.74) is 2.47. The number of hydrogen-bond acceptors (Lipinski definition) is 10. The maximum Gasteiger partial charge on any atom is 0.260 e. The summed E-state index contributed by atoms with van der Waals surface area (Å²) in [6, 6.07) is 12.6. The van der Waals surface area contributed by atoms with Gasteiger partial charge in [0, 0.05) is 74.5 Å². The Hall–Kier alpha value is -6.13. The molecule has 4 unspecified atom stereocenters. The maximum atomic E-state index is 13.2. The number of rotatable bonds is 10. The van der Waals surface area contributed by atoms with E-state index in [-0.39, 0.29) is 23.5 Å². The quantitative estimate of drug-likeness (QED) is 0.166. The molecule has 0 bridgehead atoms. The topological polar surface area (TPSA) is 201 Å². The number of aliphatic hydroxyl groups is 2. The minimum absolute atomic E-state index is 0.217. The van der Waals surface area contributed by atoms with Crippen molar-refractivity contribution in [1.82, 2.24) is 33.9 Å². The summed E-state index contributed by atoms with van der Waals surface area (Å²) in [5, 5.41) is 27.0. The number of likely N-dealkylation sites (tertiary alicyclic amines) is 2. The molecule has 0 spiro atoms. The predicted octanol–water partition coefficient (Wildman–Crippen LogP) is 2.80. The summed E-state index contributed by atoms with van der Waals surface area (Å²) in [6.45, 7) is 0.728. The van der Waals surface area contributed by atoms with Crippen LogP contribution in [0.1, 0.15) is 49.5 Å². The van der Waals surface area contributed by atoms with Crippen LogP contribution in [0.15, 0.2) is 83.9 Å². The SMILES string of the molecule is Cn1ccnc1C(O)C(=O)N1CCCC1C(=O)Nc1ccc(-c2cnc(-c3ccc(NC(=O)C4CCCN4C(=O)C(O)c4nccn4C)cc3)o2)cc1. The fourth-order valence-electron chi connectivity index (χ4n) is 6.83. The van der Waals surface area contributed by atoms with E-state index in [9.17, 15) is 29.4 Å². The van der Waals surface area contributed by atoms with Crippen LogP contribution in [0, 0.1) is 0 Å². The van der Waals surface area contributed by atoms with E-state index in [4.69, 9.17) is 4.42 Å². The first kappa shape index (κ1) is 35.3. The molecule has 7 rings (SSSR count). The van der Waals surface area contributed by atoms with Crippen LogP contribution >= 0.6 is 0 Å². The van der Waals surface area contributed by atoms with Crippen molar-refractivity contribution in [3.63, 3.8) is 0 Å². The Kier molecular flexibility index (Phi) is 9.88.